The number of esters is 1. The summed E-state index contributed by atoms with van der Waals surface area (Å²) in [5, 5.41) is 9.81. The van der Waals surface area contributed by atoms with Crippen molar-refractivity contribution in [3.8, 4) is 0 Å². The molecule has 0 aromatic heterocycles. The molecule has 2 unspecified atom stereocenters. The summed E-state index contributed by atoms with van der Waals surface area (Å²) in [5.41, 5.74) is -4.31. The number of ketones is 1. The Hall–Kier alpha value is -1.96. The lowest BCUT2D eigenvalue weighted by Gasteiger charge is -2.16. The molecular formula is C18H20F4O4. The minimum Gasteiger partial charge on any atom is -0.460 e. The van der Waals surface area contributed by atoms with Gasteiger partial charge in [-0.3, -0.25) is 9.59 Å². The lowest BCUT2D eigenvalue weighted by Crippen LogP contribution is -2.34. The highest BCUT2D eigenvalue weighted by atomic mass is 19.2. The first kappa shape index (κ1) is 20.4. The van der Waals surface area contributed by atoms with E-state index in [1.807, 2.05) is 0 Å². The van der Waals surface area contributed by atoms with Gasteiger partial charge in [-0.1, -0.05) is 13.8 Å². The van der Waals surface area contributed by atoms with Crippen molar-refractivity contribution in [3.05, 3.63) is 34.4 Å². The fourth-order valence-corrected chi connectivity index (χ4v) is 3.09. The Bertz CT molecular complexity index is 751. The van der Waals surface area contributed by atoms with Crippen LogP contribution in [0.4, 0.5) is 17.6 Å². The molecule has 0 amide bonds. The molecule has 1 fully saturated rings. The van der Waals surface area contributed by atoms with Crippen molar-refractivity contribution < 1.29 is 37.0 Å². The summed E-state index contributed by atoms with van der Waals surface area (Å²) < 4.78 is 59.6. The van der Waals surface area contributed by atoms with Crippen LogP contribution in [0.5, 0.6) is 0 Å². The van der Waals surface area contributed by atoms with E-state index in [0.29, 0.717) is 0 Å². The van der Waals surface area contributed by atoms with Crippen LogP contribution in [-0.2, 0) is 20.9 Å². The fourth-order valence-electron chi connectivity index (χ4n) is 3.09. The summed E-state index contributed by atoms with van der Waals surface area (Å²) in [6, 6.07) is 0. The number of hydrogen-bond acceptors (Lipinski definition) is 4. The smallest absolute Gasteiger partial charge is 0.310 e. The van der Waals surface area contributed by atoms with Gasteiger partial charge in [0.15, 0.2) is 29.1 Å². The molecule has 1 aliphatic carbocycles. The van der Waals surface area contributed by atoms with Gasteiger partial charge in [0.2, 0.25) is 0 Å². The van der Waals surface area contributed by atoms with Crippen LogP contribution in [0.3, 0.4) is 0 Å². The van der Waals surface area contributed by atoms with Crippen molar-refractivity contribution in [2.75, 3.05) is 0 Å². The van der Waals surface area contributed by atoms with E-state index in [9.17, 15) is 32.3 Å². The summed E-state index contributed by atoms with van der Waals surface area (Å²) in [6.45, 7) is 5.66. The number of benzene rings is 1. The molecule has 26 heavy (non-hydrogen) atoms. The van der Waals surface area contributed by atoms with Crippen LogP contribution in [0.15, 0.2) is 0 Å². The van der Waals surface area contributed by atoms with E-state index in [1.54, 1.807) is 13.8 Å². The van der Waals surface area contributed by atoms with Gasteiger partial charge in [-0.15, -0.1) is 0 Å². The summed E-state index contributed by atoms with van der Waals surface area (Å²) >= 11 is 0. The number of carbonyl (C=O) groups is 2. The largest absolute Gasteiger partial charge is 0.460 e. The van der Waals surface area contributed by atoms with Crippen LogP contribution < -0.4 is 0 Å². The maximum absolute atomic E-state index is 13.8. The van der Waals surface area contributed by atoms with Gasteiger partial charge in [-0.25, -0.2) is 17.6 Å². The molecule has 0 radical (unpaired) electrons. The van der Waals surface area contributed by atoms with Gasteiger partial charge < -0.3 is 9.84 Å². The van der Waals surface area contributed by atoms with Gasteiger partial charge in [0.25, 0.3) is 0 Å². The Morgan fingerprint density at radius 3 is 1.92 bits per heavy atom. The van der Waals surface area contributed by atoms with Gasteiger partial charge in [-0.05, 0) is 26.2 Å². The van der Waals surface area contributed by atoms with Gasteiger partial charge in [0.1, 0.15) is 12.2 Å². The topological polar surface area (TPSA) is 63.6 Å². The molecule has 0 bridgehead atoms. The van der Waals surface area contributed by atoms with E-state index in [4.69, 9.17) is 4.74 Å². The second kappa shape index (κ2) is 6.33. The third-order valence-electron chi connectivity index (χ3n) is 4.90. The van der Waals surface area contributed by atoms with Crippen LogP contribution in [0, 0.1) is 47.4 Å². The van der Waals surface area contributed by atoms with Crippen LogP contribution in [0.1, 0.15) is 38.8 Å². The predicted octanol–water partition coefficient (Wildman–Crippen LogP) is 3.21. The second-order valence-electron chi connectivity index (χ2n) is 7.67. The minimum absolute atomic E-state index is 0.561. The number of rotatable bonds is 5. The molecule has 0 saturated heterocycles. The Labute approximate surface area is 148 Å². The molecule has 1 N–H and O–H groups in total. The Morgan fingerprint density at radius 2 is 1.50 bits per heavy atom. The maximum Gasteiger partial charge on any atom is 0.310 e. The monoisotopic (exact) mass is 376 g/mol. The second-order valence-corrected chi connectivity index (χ2v) is 7.67. The number of ether oxygens (including phenoxy) is 1. The van der Waals surface area contributed by atoms with Gasteiger partial charge in [0.05, 0.1) is 11.5 Å². The molecule has 1 aliphatic rings. The lowest BCUT2D eigenvalue weighted by molar-refractivity contribution is -0.149. The molecular weight excluding hydrogens is 356 g/mol. The van der Waals surface area contributed by atoms with E-state index in [1.165, 1.54) is 13.8 Å². The SMILES string of the molecule is Cc1c(F)c(F)c(COC(=O)C2C(C(=O)C(C)(C)O)C2(C)C)c(F)c1F. The molecule has 8 heteroatoms. The van der Waals surface area contributed by atoms with E-state index >= 15 is 0 Å². The molecule has 2 atom stereocenters. The van der Waals surface area contributed by atoms with Crippen LogP contribution >= 0.6 is 0 Å². The zero-order chi connectivity index (χ0) is 20.2. The van der Waals surface area contributed by atoms with Gasteiger partial charge >= 0.3 is 5.97 Å². The molecule has 2 rings (SSSR count). The Morgan fingerprint density at radius 1 is 1.04 bits per heavy atom. The summed E-state index contributed by atoms with van der Waals surface area (Å²) in [6.07, 6.45) is 0. The highest BCUT2D eigenvalue weighted by Gasteiger charge is 2.67. The first-order valence-electron chi connectivity index (χ1n) is 7.97. The molecule has 1 aromatic rings. The normalized spacial score (nSPS) is 21.5. The summed E-state index contributed by atoms with van der Waals surface area (Å²) in [7, 11) is 0. The first-order valence-corrected chi connectivity index (χ1v) is 7.97. The van der Waals surface area contributed by atoms with Crippen molar-refractivity contribution in [2.45, 2.75) is 46.8 Å². The quantitative estimate of drug-likeness (QED) is 0.487. The Balaban J connectivity index is 2.17. The molecule has 1 saturated carbocycles. The Kier molecular flexibility index (Phi) is 4.96. The fraction of sp³-hybridized carbons (Fsp3) is 0.556. The average molecular weight is 376 g/mol. The maximum atomic E-state index is 13.8. The number of Topliss-reactive ketones (excluding diaryl/α,β-unsaturated/α-hetero) is 1. The minimum atomic E-state index is -1.65. The van der Waals surface area contributed by atoms with E-state index in [0.717, 1.165) is 6.92 Å². The van der Waals surface area contributed by atoms with Crippen LogP contribution in [0.25, 0.3) is 0 Å². The standard InChI is InChI=1S/C18H20F4O4/c1-7-11(19)13(21)8(14(22)12(7)20)6-26-16(24)10-9(17(10,2)3)15(23)18(4,5)25/h9-10,25H,6H2,1-5H3. The summed E-state index contributed by atoms with van der Waals surface area (Å²) in [5.74, 6) is -9.62. The molecule has 4 nitrogen and oxygen atoms in total. The first-order chi connectivity index (χ1) is 11.7. The molecule has 0 aliphatic heterocycles. The number of carbonyl (C=O) groups excluding carboxylic acids is 2. The lowest BCUT2D eigenvalue weighted by atomic mass is 9.95. The molecule has 1 aromatic carbocycles. The predicted molar refractivity (Wildman–Crippen MR) is 82.9 cm³/mol. The van der Waals surface area contributed by atoms with Crippen molar-refractivity contribution in [1.82, 2.24) is 0 Å². The zero-order valence-electron chi connectivity index (χ0n) is 15.0. The number of halogens is 4. The zero-order valence-corrected chi connectivity index (χ0v) is 15.0. The highest BCUT2D eigenvalue weighted by Crippen LogP contribution is 2.60. The van der Waals surface area contributed by atoms with Crippen LogP contribution in [0.2, 0.25) is 0 Å². The highest BCUT2D eigenvalue weighted by molar-refractivity contribution is 5.97. The molecule has 144 valence electrons. The molecule has 0 heterocycles. The van der Waals surface area contributed by atoms with Gasteiger partial charge in [0, 0.05) is 11.5 Å². The average Bonchev–Trinajstić information content (AvgIpc) is 3.11. The van der Waals surface area contributed by atoms with E-state index in [2.05, 4.69) is 0 Å². The number of aliphatic hydroxyl groups is 1. The summed E-state index contributed by atoms with van der Waals surface area (Å²) in [4.78, 5) is 24.4. The number of hydrogen-bond donors (Lipinski definition) is 1. The molecule has 0 spiro atoms. The van der Waals surface area contributed by atoms with Crippen molar-refractivity contribution in [2.24, 2.45) is 17.3 Å². The van der Waals surface area contributed by atoms with Gasteiger partial charge in [-0.2, -0.15) is 0 Å². The van der Waals surface area contributed by atoms with Crippen molar-refractivity contribution in [3.63, 3.8) is 0 Å². The third kappa shape index (κ3) is 3.22. The van der Waals surface area contributed by atoms with Crippen molar-refractivity contribution >= 4 is 11.8 Å². The van der Waals surface area contributed by atoms with Crippen molar-refractivity contribution in [1.29, 1.82) is 0 Å². The van der Waals surface area contributed by atoms with Crippen LogP contribution in [-0.4, -0.2) is 22.5 Å². The third-order valence-corrected chi connectivity index (χ3v) is 4.90. The van der Waals surface area contributed by atoms with E-state index in [-0.39, 0.29) is 0 Å². The van der Waals surface area contributed by atoms with E-state index < -0.39 is 75.6 Å².